The first-order valence-corrected chi connectivity index (χ1v) is 7.86. The van der Waals surface area contributed by atoms with Gasteiger partial charge in [0.1, 0.15) is 5.75 Å². The first kappa shape index (κ1) is 20.5. The van der Waals surface area contributed by atoms with E-state index < -0.39 is 36.8 Å². The number of aromatic nitrogens is 2. The molecule has 7 nitrogen and oxygen atoms in total. The van der Waals surface area contributed by atoms with E-state index in [9.17, 15) is 18.0 Å². The van der Waals surface area contributed by atoms with Crippen molar-refractivity contribution < 1.29 is 36.6 Å². The summed E-state index contributed by atoms with van der Waals surface area (Å²) >= 11 is 0. The van der Waals surface area contributed by atoms with Gasteiger partial charge in [-0.25, -0.2) is 9.18 Å². The third kappa shape index (κ3) is 6.42. The first-order valence-electron chi connectivity index (χ1n) is 7.86. The molecule has 1 aromatic heterocycles. The van der Waals surface area contributed by atoms with E-state index in [-0.39, 0.29) is 24.7 Å². The van der Waals surface area contributed by atoms with Crippen LogP contribution in [0.25, 0.3) is 0 Å². The fourth-order valence-corrected chi connectivity index (χ4v) is 2.29. The summed E-state index contributed by atoms with van der Waals surface area (Å²) in [5.41, 5.74) is 0.315. The fraction of sp³-hybridized carbons (Fsp3) is 0.438. The molecule has 0 saturated carbocycles. The van der Waals surface area contributed by atoms with E-state index in [1.807, 2.05) is 0 Å². The molecule has 27 heavy (non-hydrogen) atoms. The Morgan fingerprint density at radius 1 is 1.30 bits per heavy atom. The topological polar surface area (TPSA) is 97.5 Å². The van der Waals surface area contributed by atoms with E-state index in [4.69, 9.17) is 14.3 Å². The lowest BCUT2D eigenvalue weighted by Crippen LogP contribution is -2.43. The minimum absolute atomic E-state index is 0.0564. The van der Waals surface area contributed by atoms with Gasteiger partial charge < -0.3 is 14.3 Å². The van der Waals surface area contributed by atoms with Crippen molar-refractivity contribution in [3.8, 4) is 5.75 Å². The Hall–Kier alpha value is -2.85. The molecule has 0 spiro atoms. The molecule has 0 fully saturated rings. The molecular weight excluding hydrogens is 374 g/mol. The number of nitrogens with one attached hydrogen (secondary N) is 1. The summed E-state index contributed by atoms with van der Waals surface area (Å²) < 4.78 is 61.8. The molecule has 0 aliphatic rings. The molecule has 1 amide bonds. The molecule has 11 heteroatoms. The second kappa shape index (κ2) is 8.23. The third-order valence-electron chi connectivity index (χ3n) is 3.39. The molecule has 1 atom stereocenters. The highest BCUT2D eigenvalue weighted by Crippen LogP contribution is 2.28. The van der Waals surface area contributed by atoms with Gasteiger partial charge in [-0.1, -0.05) is 12.1 Å². The van der Waals surface area contributed by atoms with Crippen molar-refractivity contribution in [1.29, 1.82) is 0 Å². The number of hydrogen-bond donors (Lipinski definition) is 2. The lowest BCUT2D eigenvalue weighted by Gasteiger charge is -2.21. The van der Waals surface area contributed by atoms with E-state index in [1.54, 1.807) is 5.32 Å². The summed E-state index contributed by atoms with van der Waals surface area (Å²) in [4.78, 5) is 11.0. The molecule has 0 radical (unpaired) electrons. The van der Waals surface area contributed by atoms with Gasteiger partial charge in [0.15, 0.2) is 0 Å². The fourth-order valence-electron chi connectivity index (χ4n) is 2.29. The molecule has 2 N–H and O–H groups in total. The minimum Gasteiger partial charge on any atom is -0.494 e. The lowest BCUT2D eigenvalue weighted by atomic mass is 10.0. The Labute approximate surface area is 151 Å². The van der Waals surface area contributed by atoms with Crippen LogP contribution >= 0.6 is 0 Å². The highest BCUT2D eigenvalue weighted by Gasteiger charge is 2.40. The van der Waals surface area contributed by atoms with E-state index in [0.29, 0.717) is 5.56 Å². The van der Waals surface area contributed by atoms with Crippen LogP contribution in [0.4, 0.5) is 22.4 Å². The van der Waals surface area contributed by atoms with Crippen LogP contribution in [0.15, 0.2) is 28.7 Å². The van der Waals surface area contributed by atoms with Crippen LogP contribution in [-0.2, 0) is 12.2 Å². The maximum absolute atomic E-state index is 15.2. The summed E-state index contributed by atoms with van der Waals surface area (Å²) in [6, 6.07) is 5.91. The maximum atomic E-state index is 15.2. The molecule has 1 unspecified atom stereocenters. The molecule has 1 heterocycles. The van der Waals surface area contributed by atoms with Gasteiger partial charge in [-0.05, 0) is 24.1 Å². The lowest BCUT2D eigenvalue weighted by molar-refractivity contribution is -0.136. The van der Waals surface area contributed by atoms with Crippen LogP contribution in [0, 0.1) is 6.92 Å². The van der Waals surface area contributed by atoms with Crippen LogP contribution in [0.1, 0.15) is 30.2 Å². The van der Waals surface area contributed by atoms with Gasteiger partial charge in [0, 0.05) is 19.8 Å². The molecule has 1 aromatic carbocycles. The number of hydrogen-bond acceptors (Lipinski definition) is 5. The van der Waals surface area contributed by atoms with E-state index in [1.165, 1.54) is 31.2 Å². The number of alkyl halides is 4. The van der Waals surface area contributed by atoms with E-state index >= 15 is 4.39 Å². The van der Waals surface area contributed by atoms with Gasteiger partial charge in [-0.15, -0.1) is 10.2 Å². The Bertz CT molecular complexity index is 781. The van der Waals surface area contributed by atoms with Crippen molar-refractivity contribution in [2.24, 2.45) is 0 Å². The van der Waals surface area contributed by atoms with Gasteiger partial charge in [-0.2, -0.15) is 13.2 Å². The molecule has 0 aliphatic heterocycles. The van der Waals surface area contributed by atoms with Crippen LogP contribution < -0.4 is 10.1 Å². The average molecular weight is 391 g/mol. The number of aryl methyl sites for hydroxylation is 1. The van der Waals surface area contributed by atoms with E-state index in [0.717, 1.165) is 0 Å². The number of benzene rings is 1. The SMILES string of the molecule is Cc1nnc(C(F)(Cc2cccc(OCCCC(F)(F)F)c2)NC(=O)O)o1. The quantitative estimate of drug-likeness (QED) is 0.404. The van der Waals surface area contributed by atoms with Crippen LogP contribution in [0.3, 0.4) is 0 Å². The number of carboxylic acid groups (broad SMARTS) is 1. The van der Waals surface area contributed by atoms with Crippen molar-refractivity contribution in [3.05, 3.63) is 41.6 Å². The predicted octanol–water partition coefficient (Wildman–Crippen LogP) is 3.73. The van der Waals surface area contributed by atoms with Gasteiger partial charge in [0.25, 0.3) is 11.7 Å². The number of ether oxygens (including phenoxy) is 1. The van der Waals surface area contributed by atoms with Crippen LogP contribution in [0.2, 0.25) is 0 Å². The van der Waals surface area contributed by atoms with Crippen LogP contribution in [-0.4, -0.2) is 34.2 Å². The summed E-state index contributed by atoms with van der Waals surface area (Å²) in [6.07, 6.45) is -7.57. The molecule has 2 aromatic rings. The minimum atomic E-state index is -4.26. The largest absolute Gasteiger partial charge is 0.494 e. The maximum Gasteiger partial charge on any atom is 0.407 e. The number of amides is 1. The molecule has 0 aliphatic carbocycles. The highest BCUT2D eigenvalue weighted by atomic mass is 19.4. The zero-order valence-electron chi connectivity index (χ0n) is 14.2. The molecule has 0 saturated heterocycles. The molecule has 0 bridgehead atoms. The molecular formula is C16H17F4N3O4. The van der Waals surface area contributed by atoms with Crippen molar-refractivity contribution in [1.82, 2.24) is 15.5 Å². The third-order valence-corrected chi connectivity index (χ3v) is 3.39. The van der Waals surface area contributed by atoms with Gasteiger partial charge in [0.05, 0.1) is 6.61 Å². The average Bonchev–Trinajstić information content (AvgIpc) is 2.98. The van der Waals surface area contributed by atoms with Crippen molar-refractivity contribution in [2.75, 3.05) is 6.61 Å². The van der Waals surface area contributed by atoms with Crippen molar-refractivity contribution >= 4 is 6.09 Å². The van der Waals surface area contributed by atoms with Crippen molar-refractivity contribution in [3.63, 3.8) is 0 Å². The van der Waals surface area contributed by atoms with Gasteiger partial charge in [0.2, 0.25) is 5.89 Å². The summed E-state index contributed by atoms with van der Waals surface area (Å²) in [7, 11) is 0. The molecule has 148 valence electrons. The number of carbonyl (C=O) groups is 1. The Morgan fingerprint density at radius 3 is 2.63 bits per heavy atom. The van der Waals surface area contributed by atoms with E-state index in [2.05, 4.69) is 10.2 Å². The summed E-state index contributed by atoms with van der Waals surface area (Å²) in [5.74, 6) is -2.95. The summed E-state index contributed by atoms with van der Waals surface area (Å²) in [6.45, 7) is 1.26. The Kier molecular flexibility index (Phi) is 6.24. The van der Waals surface area contributed by atoms with Gasteiger partial charge in [-0.3, -0.25) is 5.32 Å². The predicted molar refractivity (Wildman–Crippen MR) is 83.9 cm³/mol. The highest BCUT2D eigenvalue weighted by molar-refractivity contribution is 5.65. The van der Waals surface area contributed by atoms with Gasteiger partial charge >= 0.3 is 12.3 Å². The number of nitrogens with zero attached hydrogens (tertiary/aromatic N) is 2. The molecule has 2 rings (SSSR count). The smallest absolute Gasteiger partial charge is 0.407 e. The second-order valence-electron chi connectivity index (χ2n) is 5.75. The standard InChI is InChI=1S/C16H17F4N3O4/c1-10-22-23-13(27-10)15(17,21-14(24)25)9-11-4-2-5-12(8-11)26-7-3-6-16(18,19)20/h2,4-5,8,21H,3,6-7,9H2,1H3,(H,24,25). The number of halogens is 4. The zero-order valence-corrected chi connectivity index (χ0v) is 14.2. The summed E-state index contributed by atoms with van der Waals surface area (Å²) in [5, 5.41) is 17.6. The first-order chi connectivity index (χ1) is 12.6. The normalized spacial score (nSPS) is 13.8. The Morgan fingerprint density at radius 2 is 2.04 bits per heavy atom. The van der Waals surface area contributed by atoms with Crippen molar-refractivity contribution in [2.45, 2.75) is 38.2 Å². The zero-order chi connectivity index (χ0) is 20.1. The Balaban J connectivity index is 2.08. The number of rotatable bonds is 8. The van der Waals surface area contributed by atoms with Crippen LogP contribution in [0.5, 0.6) is 5.75 Å². The second-order valence-corrected chi connectivity index (χ2v) is 5.75. The monoisotopic (exact) mass is 391 g/mol.